The molecule has 4 nitrogen and oxygen atoms in total. The van der Waals surface area contributed by atoms with E-state index < -0.39 is 13.4 Å². The minimum atomic E-state index is -4.03. The predicted molar refractivity (Wildman–Crippen MR) is 71.2 cm³/mol. The van der Waals surface area contributed by atoms with Crippen LogP contribution >= 0.6 is 7.82 Å². The highest BCUT2D eigenvalue weighted by Crippen LogP contribution is 2.50. The van der Waals surface area contributed by atoms with E-state index in [2.05, 4.69) is 0 Å². The SMILES string of the molecule is CC(C)COP(=O)(O)OC(C)(C)c1ccccc1. The molecule has 0 saturated heterocycles. The molecule has 1 unspecified atom stereocenters. The van der Waals surface area contributed by atoms with Crippen molar-refractivity contribution in [3.8, 4) is 0 Å². The lowest BCUT2D eigenvalue weighted by Gasteiger charge is -2.27. The highest BCUT2D eigenvalue weighted by atomic mass is 31.2. The van der Waals surface area contributed by atoms with Crippen molar-refractivity contribution in [2.75, 3.05) is 6.61 Å². The van der Waals surface area contributed by atoms with E-state index in [-0.39, 0.29) is 12.5 Å². The van der Waals surface area contributed by atoms with Crippen molar-refractivity contribution in [1.82, 2.24) is 0 Å². The molecule has 0 bridgehead atoms. The molecule has 0 saturated carbocycles. The molecule has 0 aromatic heterocycles. The van der Waals surface area contributed by atoms with Gasteiger partial charge in [-0.05, 0) is 25.3 Å². The Morgan fingerprint density at radius 1 is 1.28 bits per heavy atom. The topological polar surface area (TPSA) is 55.8 Å². The molecule has 0 fully saturated rings. The van der Waals surface area contributed by atoms with Gasteiger partial charge in [-0.25, -0.2) is 4.57 Å². The molecule has 1 aromatic carbocycles. The van der Waals surface area contributed by atoms with Gasteiger partial charge >= 0.3 is 7.82 Å². The van der Waals surface area contributed by atoms with Crippen molar-refractivity contribution >= 4 is 7.82 Å². The van der Waals surface area contributed by atoms with Gasteiger partial charge in [0.1, 0.15) is 0 Å². The van der Waals surface area contributed by atoms with Crippen molar-refractivity contribution in [3.05, 3.63) is 35.9 Å². The smallest absolute Gasteiger partial charge is 0.302 e. The summed E-state index contributed by atoms with van der Waals surface area (Å²) >= 11 is 0. The molecular weight excluding hydrogens is 251 g/mol. The first-order valence-corrected chi connectivity index (χ1v) is 7.46. The zero-order chi connectivity index (χ0) is 13.8. The first kappa shape index (κ1) is 15.4. The minimum Gasteiger partial charge on any atom is -0.302 e. The van der Waals surface area contributed by atoms with Crippen molar-refractivity contribution in [1.29, 1.82) is 0 Å². The lowest BCUT2D eigenvalue weighted by Crippen LogP contribution is -2.21. The van der Waals surface area contributed by atoms with E-state index in [4.69, 9.17) is 9.05 Å². The van der Waals surface area contributed by atoms with Crippen LogP contribution in [0.15, 0.2) is 30.3 Å². The fourth-order valence-corrected chi connectivity index (χ4v) is 2.67. The van der Waals surface area contributed by atoms with E-state index in [9.17, 15) is 9.46 Å². The summed E-state index contributed by atoms with van der Waals surface area (Å²) in [4.78, 5) is 9.67. The molecule has 1 atom stereocenters. The molecule has 1 N–H and O–H groups in total. The average molecular weight is 272 g/mol. The number of hydrogen-bond donors (Lipinski definition) is 1. The summed E-state index contributed by atoms with van der Waals surface area (Å²) in [5.74, 6) is 0.175. The van der Waals surface area contributed by atoms with Crippen LogP contribution in [0.2, 0.25) is 0 Å². The Morgan fingerprint density at radius 2 is 1.83 bits per heavy atom. The molecule has 0 aliphatic carbocycles. The Bertz CT molecular complexity index is 414. The highest BCUT2D eigenvalue weighted by molar-refractivity contribution is 7.47. The van der Waals surface area contributed by atoms with Gasteiger partial charge in [0.15, 0.2) is 0 Å². The molecule has 5 heteroatoms. The van der Waals surface area contributed by atoms with E-state index in [1.54, 1.807) is 13.8 Å². The number of rotatable bonds is 6. The van der Waals surface area contributed by atoms with Gasteiger partial charge in [-0.15, -0.1) is 0 Å². The van der Waals surface area contributed by atoms with Crippen LogP contribution in [-0.4, -0.2) is 11.5 Å². The van der Waals surface area contributed by atoms with Gasteiger partial charge in [0, 0.05) is 0 Å². The molecule has 0 heterocycles. The largest absolute Gasteiger partial charge is 0.473 e. The van der Waals surface area contributed by atoms with Crippen molar-refractivity contribution in [3.63, 3.8) is 0 Å². The van der Waals surface area contributed by atoms with Gasteiger partial charge in [-0.2, -0.15) is 0 Å². The van der Waals surface area contributed by atoms with Crippen LogP contribution in [0, 0.1) is 5.92 Å². The summed E-state index contributed by atoms with van der Waals surface area (Å²) in [6.07, 6.45) is 0. The minimum absolute atomic E-state index is 0.175. The lowest BCUT2D eigenvalue weighted by atomic mass is 9.99. The van der Waals surface area contributed by atoms with E-state index in [0.717, 1.165) is 5.56 Å². The van der Waals surface area contributed by atoms with Crippen molar-refractivity contribution in [2.45, 2.75) is 33.3 Å². The molecule has 102 valence electrons. The maximum atomic E-state index is 11.8. The third-order valence-electron chi connectivity index (χ3n) is 2.38. The third-order valence-corrected chi connectivity index (χ3v) is 3.55. The molecule has 1 aromatic rings. The van der Waals surface area contributed by atoms with E-state index in [1.165, 1.54) is 0 Å². The summed E-state index contributed by atoms with van der Waals surface area (Å²) in [5.41, 5.74) is -0.0462. The van der Waals surface area contributed by atoms with Crippen LogP contribution in [0.25, 0.3) is 0 Å². The Morgan fingerprint density at radius 3 is 2.33 bits per heavy atom. The number of hydrogen-bond acceptors (Lipinski definition) is 3. The number of phosphoric acid groups is 1. The molecule has 0 radical (unpaired) electrons. The molecule has 0 spiro atoms. The van der Waals surface area contributed by atoms with E-state index in [0.29, 0.717) is 0 Å². The molecule has 1 rings (SSSR count). The summed E-state index contributed by atoms with van der Waals surface area (Å²) in [6.45, 7) is 7.48. The quantitative estimate of drug-likeness (QED) is 0.802. The Labute approximate surface area is 109 Å². The van der Waals surface area contributed by atoms with Crippen molar-refractivity contribution in [2.24, 2.45) is 5.92 Å². The highest BCUT2D eigenvalue weighted by Gasteiger charge is 2.33. The predicted octanol–water partition coefficient (Wildman–Crippen LogP) is 3.71. The average Bonchev–Trinajstić information content (AvgIpc) is 2.26. The van der Waals surface area contributed by atoms with Gasteiger partial charge in [0.2, 0.25) is 0 Å². The van der Waals surface area contributed by atoms with Crippen LogP contribution in [-0.2, 0) is 19.2 Å². The summed E-state index contributed by atoms with van der Waals surface area (Å²) in [7, 11) is -4.03. The van der Waals surface area contributed by atoms with Crippen molar-refractivity contribution < 1.29 is 18.5 Å². The molecule has 0 aliphatic rings. The zero-order valence-electron chi connectivity index (χ0n) is 11.3. The monoisotopic (exact) mass is 272 g/mol. The van der Waals surface area contributed by atoms with Crippen LogP contribution in [0.5, 0.6) is 0 Å². The first-order chi connectivity index (χ1) is 8.23. The Hall–Kier alpha value is -0.670. The van der Waals surface area contributed by atoms with E-state index in [1.807, 2.05) is 44.2 Å². The van der Waals surface area contributed by atoms with Gasteiger partial charge in [0.05, 0.1) is 12.2 Å². The van der Waals surface area contributed by atoms with Gasteiger partial charge < -0.3 is 4.89 Å². The molecule has 0 aliphatic heterocycles. The number of benzene rings is 1. The van der Waals surface area contributed by atoms with Gasteiger partial charge in [-0.1, -0.05) is 44.2 Å². The summed E-state index contributed by atoms with van der Waals surface area (Å²) < 4.78 is 22.0. The third kappa shape index (κ3) is 4.91. The van der Waals surface area contributed by atoms with E-state index >= 15 is 0 Å². The number of phosphoric ester groups is 1. The molecule has 0 amide bonds. The van der Waals surface area contributed by atoms with Crippen LogP contribution in [0.4, 0.5) is 0 Å². The van der Waals surface area contributed by atoms with Gasteiger partial charge in [-0.3, -0.25) is 9.05 Å². The second kappa shape index (κ2) is 5.98. The van der Waals surface area contributed by atoms with Crippen LogP contribution in [0.1, 0.15) is 33.3 Å². The van der Waals surface area contributed by atoms with Crippen LogP contribution in [0.3, 0.4) is 0 Å². The molecule has 18 heavy (non-hydrogen) atoms. The fourth-order valence-electron chi connectivity index (χ4n) is 1.45. The summed E-state index contributed by atoms with van der Waals surface area (Å²) in [5, 5.41) is 0. The zero-order valence-corrected chi connectivity index (χ0v) is 12.2. The standard InChI is InChI=1S/C13H21O4P/c1-11(2)10-16-18(14,15)17-13(3,4)12-8-6-5-7-9-12/h5-9,11H,10H2,1-4H3,(H,14,15). The second-order valence-corrected chi connectivity index (χ2v) is 6.50. The first-order valence-electron chi connectivity index (χ1n) is 5.96. The molecular formula is C13H21O4P. The lowest BCUT2D eigenvalue weighted by molar-refractivity contribution is 0.0424. The van der Waals surface area contributed by atoms with Crippen LogP contribution < -0.4 is 0 Å². The Balaban J connectivity index is 2.73. The van der Waals surface area contributed by atoms with Gasteiger partial charge in [0.25, 0.3) is 0 Å². The normalized spacial score (nSPS) is 15.7. The maximum Gasteiger partial charge on any atom is 0.473 e. The Kier molecular flexibility index (Phi) is 5.11. The maximum absolute atomic E-state index is 11.8. The fraction of sp³-hybridized carbons (Fsp3) is 0.538. The summed E-state index contributed by atoms with van der Waals surface area (Å²) in [6, 6.07) is 9.30. The second-order valence-electron chi connectivity index (χ2n) is 5.13.